The first-order valence-electron chi connectivity index (χ1n) is 7.22. The largest absolute Gasteiger partial charge is 0.399 e. The lowest BCUT2D eigenvalue weighted by atomic mass is 9.93. The van der Waals surface area contributed by atoms with Gasteiger partial charge in [0.05, 0.1) is 0 Å². The maximum absolute atomic E-state index is 6.40. The first-order valence-corrected chi connectivity index (χ1v) is 7.22. The zero-order chi connectivity index (χ0) is 15.6. The van der Waals surface area contributed by atoms with Gasteiger partial charge in [0.2, 0.25) is 0 Å². The predicted octanol–water partition coefficient (Wildman–Crippen LogP) is 2.96. The van der Waals surface area contributed by atoms with Crippen LogP contribution in [0.15, 0.2) is 66.8 Å². The highest BCUT2D eigenvalue weighted by atomic mass is 15.1. The second-order valence-corrected chi connectivity index (χ2v) is 5.61. The van der Waals surface area contributed by atoms with E-state index in [-0.39, 0.29) is 0 Å². The average molecular weight is 292 g/mol. The van der Waals surface area contributed by atoms with Crippen molar-refractivity contribution in [3.63, 3.8) is 0 Å². The molecule has 1 unspecified atom stereocenters. The summed E-state index contributed by atoms with van der Waals surface area (Å²) in [4.78, 5) is 0. The lowest BCUT2D eigenvalue weighted by molar-refractivity contribution is 0.608. The Kier molecular flexibility index (Phi) is 3.61. The van der Waals surface area contributed by atoms with Crippen LogP contribution in [0.4, 0.5) is 17.1 Å². The molecule has 4 heteroatoms. The number of rotatable bonds is 3. The Morgan fingerprint density at radius 2 is 1.45 bits per heavy atom. The highest BCUT2D eigenvalue weighted by Crippen LogP contribution is 2.27. The molecule has 3 rings (SSSR count). The van der Waals surface area contributed by atoms with Crippen LogP contribution in [0.3, 0.4) is 0 Å². The highest BCUT2D eigenvalue weighted by Gasteiger charge is 2.23. The normalized spacial score (nSPS) is 20.5. The number of benzene rings is 2. The lowest BCUT2D eigenvalue weighted by Gasteiger charge is -2.30. The van der Waals surface area contributed by atoms with Gasteiger partial charge in [-0.1, -0.05) is 24.3 Å². The van der Waals surface area contributed by atoms with E-state index in [1.807, 2.05) is 60.7 Å². The summed E-state index contributed by atoms with van der Waals surface area (Å²) in [6.45, 7) is 0. The van der Waals surface area contributed by atoms with Gasteiger partial charge in [0.25, 0.3) is 0 Å². The fourth-order valence-electron chi connectivity index (χ4n) is 2.47. The maximum atomic E-state index is 6.40. The molecular weight excluding hydrogens is 272 g/mol. The molecule has 1 aliphatic rings. The van der Waals surface area contributed by atoms with Crippen LogP contribution in [-0.4, -0.2) is 5.66 Å². The van der Waals surface area contributed by atoms with Crippen LogP contribution in [0.1, 0.15) is 12.0 Å². The molecule has 0 aliphatic heterocycles. The van der Waals surface area contributed by atoms with Crippen LogP contribution in [0.5, 0.6) is 0 Å². The van der Waals surface area contributed by atoms with Gasteiger partial charge in [0.1, 0.15) is 5.66 Å². The first kappa shape index (κ1) is 14.2. The standard InChI is InChI=1S/C18H20N4/c19-15-3-1-13(2-4-15)14-9-11-18(21,12-10-14)22-17-7-5-16(20)6-8-17/h1-11,22H,12,19-21H2. The van der Waals surface area contributed by atoms with Crippen molar-refractivity contribution in [2.24, 2.45) is 5.73 Å². The molecule has 22 heavy (non-hydrogen) atoms. The Morgan fingerprint density at radius 1 is 0.864 bits per heavy atom. The van der Waals surface area contributed by atoms with E-state index in [9.17, 15) is 0 Å². The molecule has 1 atom stereocenters. The average Bonchev–Trinajstić information content (AvgIpc) is 2.51. The zero-order valence-electron chi connectivity index (χ0n) is 12.3. The zero-order valence-corrected chi connectivity index (χ0v) is 12.3. The molecule has 0 bridgehead atoms. The van der Waals surface area contributed by atoms with Crippen LogP contribution in [0.2, 0.25) is 0 Å². The van der Waals surface area contributed by atoms with E-state index in [2.05, 4.69) is 11.4 Å². The summed E-state index contributed by atoms with van der Waals surface area (Å²) in [5.74, 6) is 0. The van der Waals surface area contributed by atoms with Crippen molar-refractivity contribution >= 4 is 22.6 Å². The minimum Gasteiger partial charge on any atom is -0.399 e. The van der Waals surface area contributed by atoms with Crippen molar-refractivity contribution in [3.8, 4) is 0 Å². The Balaban J connectivity index is 1.73. The van der Waals surface area contributed by atoms with Crippen molar-refractivity contribution in [1.82, 2.24) is 0 Å². The third-order valence-corrected chi connectivity index (χ3v) is 3.75. The van der Waals surface area contributed by atoms with Crippen molar-refractivity contribution in [1.29, 1.82) is 0 Å². The molecule has 0 saturated heterocycles. The summed E-state index contributed by atoms with van der Waals surface area (Å²) in [5.41, 5.74) is 22.0. The quantitative estimate of drug-likeness (QED) is 0.517. The molecule has 1 aliphatic carbocycles. The van der Waals surface area contributed by atoms with Crippen LogP contribution in [0.25, 0.3) is 5.57 Å². The second kappa shape index (κ2) is 5.58. The smallest absolute Gasteiger partial charge is 0.109 e. The number of nitrogen functional groups attached to an aromatic ring is 2. The minimum atomic E-state index is -0.590. The predicted molar refractivity (Wildman–Crippen MR) is 94.0 cm³/mol. The highest BCUT2D eigenvalue weighted by molar-refractivity contribution is 5.76. The van der Waals surface area contributed by atoms with Gasteiger partial charge in [-0.3, -0.25) is 0 Å². The summed E-state index contributed by atoms with van der Waals surface area (Å²) in [6.07, 6.45) is 6.87. The third kappa shape index (κ3) is 3.13. The van der Waals surface area contributed by atoms with E-state index in [4.69, 9.17) is 17.2 Å². The van der Waals surface area contributed by atoms with Gasteiger partial charge in [-0.2, -0.15) is 0 Å². The van der Waals surface area contributed by atoms with E-state index >= 15 is 0 Å². The fraction of sp³-hybridized carbons (Fsp3) is 0.111. The molecule has 2 aromatic carbocycles. The SMILES string of the molecule is Nc1ccc(NC2(N)C=CC(c3ccc(N)cc3)=CC2)cc1. The maximum Gasteiger partial charge on any atom is 0.109 e. The van der Waals surface area contributed by atoms with Crippen LogP contribution >= 0.6 is 0 Å². The first-order chi connectivity index (χ1) is 10.5. The monoisotopic (exact) mass is 292 g/mol. The van der Waals surface area contributed by atoms with Crippen molar-refractivity contribution < 1.29 is 0 Å². The molecule has 0 radical (unpaired) electrons. The molecule has 2 aromatic rings. The van der Waals surface area contributed by atoms with Gasteiger partial charge >= 0.3 is 0 Å². The van der Waals surface area contributed by atoms with Gasteiger partial charge in [0, 0.05) is 23.5 Å². The molecule has 0 heterocycles. The summed E-state index contributed by atoms with van der Waals surface area (Å²) in [7, 11) is 0. The van der Waals surface area contributed by atoms with Gasteiger partial charge in [-0.15, -0.1) is 0 Å². The Bertz CT molecular complexity index is 714. The number of hydrogen-bond acceptors (Lipinski definition) is 4. The summed E-state index contributed by atoms with van der Waals surface area (Å²) < 4.78 is 0. The number of allylic oxidation sites excluding steroid dienone is 2. The molecule has 0 fully saturated rings. The number of hydrogen-bond donors (Lipinski definition) is 4. The number of nitrogens with two attached hydrogens (primary N) is 3. The molecule has 0 spiro atoms. The van der Waals surface area contributed by atoms with E-state index < -0.39 is 5.66 Å². The summed E-state index contributed by atoms with van der Waals surface area (Å²) >= 11 is 0. The molecule has 112 valence electrons. The lowest BCUT2D eigenvalue weighted by Crippen LogP contribution is -2.46. The Hall–Kier alpha value is -2.72. The minimum absolute atomic E-state index is 0.590. The molecule has 7 N–H and O–H groups in total. The van der Waals surface area contributed by atoms with Crippen LogP contribution in [0, 0.1) is 0 Å². The van der Waals surface area contributed by atoms with Crippen LogP contribution < -0.4 is 22.5 Å². The van der Waals surface area contributed by atoms with E-state index in [1.165, 1.54) is 0 Å². The van der Waals surface area contributed by atoms with Crippen molar-refractivity contribution in [2.75, 3.05) is 16.8 Å². The van der Waals surface area contributed by atoms with Crippen molar-refractivity contribution in [2.45, 2.75) is 12.1 Å². The van der Waals surface area contributed by atoms with Gasteiger partial charge in [-0.05, 0) is 53.6 Å². The van der Waals surface area contributed by atoms with Gasteiger partial charge in [-0.25, -0.2) is 0 Å². The summed E-state index contributed by atoms with van der Waals surface area (Å²) in [5, 5.41) is 3.34. The fourth-order valence-corrected chi connectivity index (χ4v) is 2.47. The Labute approximate surface area is 130 Å². The molecule has 4 nitrogen and oxygen atoms in total. The number of anilines is 3. The summed E-state index contributed by atoms with van der Waals surface area (Å²) in [6, 6.07) is 15.4. The van der Waals surface area contributed by atoms with Gasteiger partial charge < -0.3 is 22.5 Å². The van der Waals surface area contributed by atoms with E-state index in [0.717, 1.165) is 28.2 Å². The Morgan fingerprint density at radius 3 is 2.00 bits per heavy atom. The third-order valence-electron chi connectivity index (χ3n) is 3.75. The molecule has 0 aromatic heterocycles. The molecular formula is C18H20N4. The van der Waals surface area contributed by atoms with Crippen LogP contribution in [-0.2, 0) is 0 Å². The topological polar surface area (TPSA) is 90.1 Å². The number of nitrogens with one attached hydrogen (secondary N) is 1. The van der Waals surface area contributed by atoms with Crippen molar-refractivity contribution in [3.05, 3.63) is 72.3 Å². The van der Waals surface area contributed by atoms with E-state index in [1.54, 1.807) is 0 Å². The second-order valence-electron chi connectivity index (χ2n) is 5.61. The molecule has 0 saturated carbocycles. The molecule has 0 amide bonds. The van der Waals surface area contributed by atoms with Gasteiger partial charge in [0.15, 0.2) is 0 Å². The van der Waals surface area contributed by atoms with E-state index in [0.29, 0.717) is 6.42 Å².